The molecule has 0 saturated carbocycles. The third kappa shape index (κ3) is 3.50. The summed E-state index contributed by atoms with van der Waals surface area (Å²) in [6, 6.07) is 17.6. The molecule has 0 aromatic heterocycles. The average molecular weight is 326 g/mol. The monoisotopic (exact) mass is 325 g/mol. The number of allylic oxidation sites excluding steroid dienone is 2. The Bertz CT molecular complexity index is 627. The van der Waals surface area contributed by atoms with Crippen LogP contribution >= 0.6 is 11.8 Å². The molecular formula is C20H21S2+. The maximum absolute atomic E-state index is 3.78. The highest BCUT2D eigenvalue weighted by atomic mass is 32.2. The van der Waals surface area contributed by atoms with Crippen molar-refractivity contribution in [1.82, 2.24) is 0 Å². The fourth-order valence-corrected chi connectivity index (χ4v) is 6.07. The lowest BCUT2D eigenvalue weighted by Crippen LogP contribution is -2.07. The molecule has 0 unspecified atom stereocenters. The fraction of sp³-hybridized carbons (Fsp3) is 0.200. The standard InChI is InChI=1S/C20H21S2/c1-2-3-4-5-6-11-16-22-19-14-9-7-12-17(19)21-18-13-8-10-15-20(18)22/h2,7-16H,1,3-6H2/q+1. The van der Waals surface area contributed by atoms with Gasteiger partial charge in [-0.15, -0.1) is 6.58 Å². The highest BCUT2D eigenvalue weighted by Gasteiger charge is 2.33. The summed E-state index contributed by atoms with van der Waals surface area (Å²) in [6.07, 6.45) is 9.16. The molecule has 0 nitrogen and oxygen atoms in total. The van der Waals surface area contributed by atoms with E-state index in [-0.39, 0.29) is 10.9 Å². The van der Waals surface area contributed by atoms with Gasteiger partial charge in [0, 0.05) is 0 Å². The Morgan fingerprint density at radius 3 is 2.09 bits per heavy atom. The first kappa shape index (κ1) is 15.5. The number of hydrogen-bond acceptors (Lipinski definition) is 1. The topological polar surface area (TPSA) is 0 Å². The second-order valence-corrected chi connectivity index (χ2v) is 8.19. The van der Waals surface area contributed by atoms with Crippen molar-refractivity contribution in [3.05, 3.63) is 72.7 Å². The van der Waals surface area contributed by atoms with Crippen LogP contribution in [0.25, 0.3) is 0 Å². The van der Waals surface area contributed by atoms with E-state index in [1.54, 1.807) is 0 Å². The number of rotatable bonds is 6. The first-order valence-electron chi connectivity index (χ1n) is 7.76. The van der Waals surface area contributed by atoms with E-state index in [0.717, 1.165) is 12.8 Å². The van der Waals surface area contributed by atoms with Gasteiger partial charge in [0.05, 0.1) is 20.7 Å². The molecule has 2 aromatic carbocycles. The summed E-state index contributed by atoms with van der Waals surface area (Å²) in [7, 11) is 0.0767. The summed E-state index contributed by atoms with van der Waals surface area (Å²) in [5.41, 5.74) is 0. The molecule has 1 aliphatic rings. The van der Waals surface area contributed by atoms with Gasteiger partial charge in [0.15, 0.2) is 9.79 Å². The number of fused-ring (bicyclic) bond motifs is 2. The SMILES string of the molecule is C=CCCCCC=C[S+]1c2ccccc2Sc2ccccc21. The van der Waals surface area contributed by atoms with Crippen LogP contribution in [0.3, 0.4) is 0 Å². The zero-order valence-electron chi connectivity index (χ0n) is 12.7. The zero-order chi connectivity index (χ0) is 15.2. The van der Waals surface area contributed by atoms with Crippen LogP contribution in [0.5, 0.6) is 0 Å². The maximum atomic E-state index is 3.78. The van der Waals surface area contributed by atoms with E-state index in [4.69, 9.17) is 0 Å². The van der Waals surface area contributed by atoms with Crippen LogP contribution in [-0.4, -0.2) is 0 Å². The minimum Gasteiger partial charge on any atom is -0.103 e. The van der Waals surface area contributed by atoms with Crippen LogP contribution in [0.2, 0.25) is 0 Å². The van der Waals surface area contributed by atoms with Gasteiger partial charge in [-0.3, -0.25) is 0 Å². The molecule has 0 N–H and O–H groups in total. The van der Waals surface area contributed by atoms with Crippen molar-refractivity contribution in [2.75, 3.05) is 0 Å². The predicted molar refractivity (Wildman–Crippen MR) is 98.7 cm³/mol. The molecule has 0 amide bonds. The summed E-state index contributed by atoms with van der Waals surface area (Å²) in [6.45, 7) is 3.78. The average Bonchev–Trinajstić information content (AvgIpc) is 2.57. The molecule has 1 heterocycles. The Morgan fingerprint density at radius 2 is 1.45 bits per heavy atom. The van der Waals surface area contributed by atoms with E-state index in [1.807, 2.05) is 17.8 Å². The molecule has 0 aliphatic carbocycles. The molecule has 0 spiro atoms. The summed E-state index contributed by atoms with van der Waals surface area (Å²) in [4.78, 5) is 5.74. The summed E-state index contributed by atoms with van der Waals surface area (Å²) in [5.74, 6) is 0. The second kappa shape index (κ2) is 7.75. The van der Waals surface area contributed by atoms with Gasteiger partial charge in [0.25, 0.3) is 0 Å². The summed E-state index contributed by atoms with van der Waals surface area (Å²) < 4.78 is 0. The zero-order valence-corrected chi connectivity index (χ0v) is 14.3. The molecule has 2 aromatic rings. The van der Waals surface area contributed by atoms with E-state index < -0.39 is 0 Å². The molecule has 112 valence electrons. The molecule has 0 saturated heterocycles. The van der Waals surface area contributed by atoms with E-state index in [0.29, 0.717) is 0 Å². The molecule has 0 bridgehead atoms. The van der Waals surface area contributed by atoms with Gasteiger partial charge >= 0.3 is 0 Å². The minimum absolute atomic E-state index is 0.0767. The van der Waals surface area contributed by atoms with Crippen LogP contribution in [-0.2, 0) is 10.9 Å². The molecule has 0 radical (unpaired) electrons. The van der Waals surface area contributed by atoms with Gasteiger partial charge < -0.3 is 0 Å². The maximum Gasteiger partial charge on any atom is 0.179 e. The second-order valence-electron chi connectivity index (χ2n) is 5.28. The quantitative estimate of drug-likeness (QED) is 0.334. The van der Waals surface area contributed by atoms with Crippen LogP contribution < -0.4 is 0 Å². The van der Waals surface area contributed by atoms with Crippen molar-refractivity contribution in [2.24, 2.45) is 0 Å². The van der Waals surface area contributed by atoms with Gasteiger partial charge in [-0.05, 0) is 56.0 Å². The molecule has 22 heavy (non-hydrogen) atoms. The van der Waals surface area contributed by atoms with E-state index >= 15 is 0 Å². The van der Waals surface area contributed by atoms with Gasteiger partial charge in [0.1, 0.15) is 5.41 Å². The number of benzene rings is 2. The number of hydrogen-bond donors (Lipinski definition) is 0. The van der Waals surface area contributed by atoms with Crippen molar-refractivity contribution in [3.8, 4) is 0 Å². The Hall–Kier alpha value is -1.38. The molecule has 0 fully saturated rings. The molecule has 3 rings (SSSR count). The Balaban J connectivity index is 1.80. The third-order valence-electron chi connectivity index (χ3n) is 3.65. The lowest BCUT2D eigenvalue weighted by molar-refractivity contribution is 0.763. The summed E-state index contributed by atoms with van der Waals surface area (Å²) in [5, 5.41) is 2.42. The first-order chi connectivity index (χ1) is 10.9. The van der Waals surface area contributed by atoms with Gasteiger partial charge in [0.2, 0.25) is 0 Å². The lowest BCUT2D eigenvalue weighted by Gasteiger charge is -2.16. The third-order valence-corrected chi connectivity index (χ3v) is 7.19. The van der Waals surface area contributed by atoms with Crippen LogP contribution in [0.15, 0.2) is 92.3 Å². The van der Waals surface area contributed by atoms with Crippen LogP contribution in [0.1, 0.15) is 25.7 Å². The van der Waals surface area contributed by atoms with Gasteiger partial charge in [-0.1, -0.05) is 42.1 Å². The highest BCUT2D eigenvalue weighted by Crippen LogP contribution is 2.45. The smallest absolute Gasteiger partial charge is 0.103 e. The van der Waals surface area contributed by atoms with Crippen molar-refractivity contribution in [2.45, 2.75) is 45.3 Å². The predicted octanol–water partition coefficient (Wildman–Crippen LogP) is 6.45. The van der Waals surface area contributed by atoms with Crippen LogP contribution in [0, 0.1) is 0 Å². The van der Waals surface area contributed by atoms with E-state index in [9.17, 15) is 0 Å². The number of unbranched alkanes of at least 4 members (excludes halogenated alkanes) is 3. The Kier molecular flexibility index (Phi) is 5.47. The van der Waals surface area contributed by atoms with E-state index in [2.05, 4.69) is 66.6 Å². The fourth-order valence-electron chi connectivity index (χ4n) is 2.53. The normalized spacial score (nSPS) is 13.8. The van der Waals surface area contributed by atoms with Crippen molar-refractivity contribution < 1.29 is 0 Å². The molecule has 0 atom stereocenters. The minimum atomic E-state index is 0.0767. The molecular weight excluding hydrogens is 304 g/mol. The Labute approximate surface area is 140 Å². The van der Waals surface area contributed by atoms with Crippen molar-refractivity contribution in [1.29, 1.82) is 0 Å². The van der Waals surface area contributed by atoms with Gasteiger partial charge in [-0.25, -0.2) is 0 Å². The van der Waals surface area contributed by atoms with Gasteiger partial charge in [-0.2, -0.15) is 0 Å². The lowest BCUT2D eigenvalue weighted by atomic mass is 10.2. The first-order valence-corrected chi connectivity index (χ1v) is 9.87. The highest BCUT2D eigenvalue weighted by molar-refractivity contribution is 8.05. The molecule has 2 heteroatoms. The van der Waals surface area contributed by atoms with Crippen molar-refractivity contribution >= 4 is 22.7 Å². The van der Waals surface area contributed by atoms with E-state index in [1.165, 1.54) is 32.4 Å². The van der Waals surface area contributed by atoms with Crippen LogP contribution in [0.4, 0.5) is 0 Å². The Morgan fingerprint density at radius 1 is 0.864 bits per heavy atom. The van der Waals surface area contributed by atoms with Crippen molar-refractivity contribution in [3.63, 3.8) is 0 Å². The molecule has 1 aliphatic heterocycles. The summed E-state index contributed by atoms with van der Waals surface area (Å²) >= 11 is 1.90. The largest absolute Gasteiger partial charge is 0.179 e.